The molecule has 4 heteroatoms. The molecule has 0 aliphatic heterocycles. The fourth-order valence-corrected chi connectivity index (χ4v) is 1.77. The third kappa shape index (κ3) is 2.55. The van der Waals surface area contributed by atoms with Crippen LogP contribution in [0.15, 0.2) is 5.38 Å². The largest absolute Gasteiger partial charge is 0.395 e. The van der Waals surface area contributed by atoms with Gasteiger partial charge in [0.2, 0.25) is 0 Å². The first-order valence-corrected chi connectivity index (χ1v) is 4.88. The molecule has 1 atom stereocenters. The second-order valence-electron chi connectivity index (χ2n) is 2.73. The average molecular weight is 186 g/mol. The quantitative estimate of drug-likeness (QED) is 0.740. The summed E-state index contributed by atoms with van der Waals surface area (Å²) in [6, 6.07) is 0.246. The number of hydrogen-bond donors (Lipinski definition) is 2. The normalized spacial score (nSPS) is 13.2. The maximum atomic E-state index is 8.59. The van der Waals surface area contributed by atoms with Crippen LogP contribution in [-0.2, 0) is 0 Å². The Kier molecular flexibility index (Phi) is 3.65. The van der Waals surface area contributed by atoms with E-state index in [0.29, 0.717) is 6.54 Å². The Morgan fingerprint density at radius 3 is 3.00 bits per heavy atom. The molecule has 0 aliphatic rings. The molecule has 68 valence electrons. The zero-order valence-electron chi connectivity index (χ0n) is 7.37. The van der Waals surface area contributed by atoms with Gasteiger partial charge in [-0.3, -0.25) is 0 Å². The van der Waals surface area contributed by atoms with Gasteiger partial charge in [-0.15, -0.1) is 11.3 Å². The molecule has 0 saturated carbocycles. The number of nitrogens with one attached hydrogen (secondary N) is 1. The summed E-state index contributed by atoms with van der Waals surface area (Å²) < 4.78 is 0. The van der Waals surface area contributed by atoms with E-state index in [0.717, 1.165) is 10.7 Å². The lowest BCUT2D eigenvalue weighted by atomic mass is 10.3. The molecule has 0 amide bonds. The molecule has 12 heavy (non-hydrogen) atoms. The van der Waals surface area contributed by atoms with Crippen LogP contribution in [0.1, 0.15) is 23.7 Å². The molecule has 1 unspecified atom stereocenters. The molecule has 3 nitrogen and oxygen atoms in total. The van der Waals surface area contributed by atoms with Gasteiger partial charge < -0.3 is 10.4 Å². The van der Waals surface area contributed by atoms with Crippen LogP contribution >= 0.6 is 11.3 Å². The predicted octanol–water partition coefficient (Wildman–Crippen LogP) is 1.09. The van der Waals surface area contributed by atoms with E-state index in [2.05, 4.69) is 10.3 Å². The van der Waals surface area contributed by atoms with Gasteiger partial charge in [-0.05, 0) is 13.8 Å². The Morgan fingerprint density at radius 1 is 1.75 bits per heavy atom. The Labute approximate surface area is 76.5 Å². The number of aryl methyl sites for hydroxylation is 1. The van der Waals surface area contributed by atoms with E-state index >= 15 is 0 Å². The highest BCUT2D eigenvalue weighted by Gasteiger charge is 2.07. The lowest BCUT2D eigenvalue weighted by Gasteiger charge is -2.08. The molecular formula is C8H14N2OS. The Hall–Kier alpha value is -0.450. The summed E-state index contributed by atoms with van der Waals surface area (Å²) in [5.41, 5.74) is 1.06. The van der Waals surface area contributed by atoms with Crippen molar-refractivity contribution in [3.8, 4) is 0 Å². The minimum atomic E-state index is 0.175. The standard InChI is InChI=1S/C8H14N2OS/c1-6-5-12-8(10-6)7(2)9-3-4-11/h5,7,9,11H,3-4H2,1-2H3. The van der Waals surface area contributed by atoms with E-state index < -0.39 is 0 Å². The maximum Gasteiger partial charge on any atom is 0.110 e. The molecule has 0 aliphatic carbocycles. The van der Waals surface area contributed by atoms with Gasteiger partial charge in [-0.25, -0.2) is 4.98 Å². The summed E-state index contributed by atoms with van der Waals surface area (Å²) in [4.78, 5) is 4.34. The van der Waals surface area contributed by atoms with Crippen molar-refractivity contribution in [2.24, 2.45) is 0 Å². The van der Waals surface area contributed by atoms with Crippen LogP contribution in [0.25, 0.3) is 0 Å². The number of nitrogens with zero attached hydrogens (tertiary/aromatic N) is 1. The lowest BCUT2D eigenvalue weighted by Crippen LogP contribution is -2.21. The van der Waals surface area contributed by atoms with E-state index in [1.165, 1.54) is 0 Å². The van der Waals surface area contributed by atoms with E-state index in [-0.39, 0.29) is 12.6 Å². The zero-order valence-corrected chi connectivity index (χ0v) is 8.19. The van der Waals surface area contributed by atoms with Crippen LogP contribution in [0, 0.1) is 6.92 Å². The van der Waals surface area contributed by atoms with Gasteiger partial charge in [0.15, 0.2) is 0 Å². The van der Waals surface area contributed by atoms with Crippen LogP contribution in [0.4, 0.5) is 0 Å². The molecule has 0 bridgehead atoms. The molecule has 0 fully saturated rings. The van der Waals surface area contributed by atoms with E-state index in [9.17, 15) is 0 Å². The van der Waals surface area contributed by atoms with E-state index in [1.54, 1.807) is 11.3 Å². The van der Waals surface area contributed by atoms with Crippen LogP contribution < -0.4 is 5.32 Å². The summed E-state index contributed by atoms with van der Waals surface area (Å²) in [6.07, 6.45) is 0. The van der Waals surface area contributed by atoms with Gasteiger partial charge >= 0.3 is 0 Å². The van der Waals surface area contributed by atoms with Crippen LogP contribution in [0.2, 0.25) is 0 Å². The van der Waals surface area contributed by atoms with Crippen molar-refractivity contribution in [2.45, 2.75) is 19.9 Å². The number of aliphatic hydroxyl groups excluding tert-OH is 1. The van der Waals surface area contributed by atoms with Gasteiger partial charge in [-0.2, -0.15) is 0 Å². The van der Waals surface area contributed by atoms with Gasteiger partial charge in [0.1, 0.15) is 5.01 Å². The van der Waals surface area contributed by atoms with E-state index in [4.69, 9.17) is 5.11 Å². The first kappa shape index (κ1) is 9.64. The number of aromatic nitrogens is 1. The summed E-state index contributed by atoms with van der Waals surface area (Å²) in [7, 11) is 0. The minimum Gasteiger partial charge on any atom is -0.395 e. The monoisotopic (exact) mass is 186 g/mol. The average Bonchev–Trinajstić information content (AvgIpc) is 2.47. The molecule has 2 N–H and O–H groups in total. The lowest BCUT2D eigenvalue weighted by molar-refractivity contribution is 0.286. The minimum absolute atomic E-state index is 0.175. The molecule has 1 heterocycles. The number of hydrogen-bond acceptors (Lipinski definition) is 4. The summed E-state index contributed by atoms with van der Waals surface area (Å²) in [5.74, 6) is 0. The van der Waals surface area contributed by atoms with Crippen molar-refractivity contribution < 1.29 is 5.11 Å². The SMILES string of the molecule is Cc1csc(C(C)NCCO)n1. The number of rotatable bonds is 4. The highest BCUT2D eigenvalue weighted by Crippen LogP contribution is 2.16. The van der Waals surface area contributed by atoms with Crippen molar-refractivity contribution >= 4 is 11.3 Å². The molecule has 1 aromatic rings. The van der Waals surface area contributed by atoms with Crippen LogP contribution in [0.3, 0.4) is 0 Å². The fourth-order valence-electron chi connectivity index (χ4n) is 0.939. The van der Waals surface area contributed by atoms with E-state index in [1.807, 2.05) is 19.2 Å². The first-order valence-electron chi connectivity index (χ1n) is 4.00. The molecule has 1 aromatic heterocycles. The van der Waals surface area contributed by atoms with Crippen molar-refractivity contribution in [2.75, 3.05) is 13.2 Å². The predicted molar refractivity (Wildman–Crippen MR) is 50.4 cm³/mol. The maximum absolute atomic E-state index is 8.59. The highest BCUT2D eigenvalue weighted by molar-refractivity contribution is 7.09. The molecule has 0 radical (unpaired) electrons. The van der Waals surface area contributed by atoms with Crippen LogP contribution in [-0.4, -0.2) is 23.2 Å². The molecule has 0 spiro atoms. The Balaban J connectivity index is 2.47. The molecule has 0 saturated heterocycles. The third-order valence-corrected chi connectivity index (χ3v) is 2.71. The summed E-state index contributed by atoms with van der Waals surface area (Å²) in [6.45, 7) is 4.83. The topological polar surface area (TPSA) is 45.1 Å². The second kappa shape index (κ2) is 4.54. The third-order valence-electron chi connectivity index (χ3n) is 1.57. The zero-order chi connectivity index (χ0) is 8.97. The van der Waals surface area contributed by atoms with Gasteiger partial charge in [-0.1, -0.05) is 0 Å². The smallest absolute Gasteiger partial charge is 0.110 e. The molecule has 1 rings (SSSR count). The molecular weight excluding hydrogens is 172 g/mol. The van der Waals surface area contributed by atoms with Crippen LogP contribution in [0.5, 0.6) is 0 Å². The van der Waals surface area contributed by atoms with Crippen molar-refractivity contribution in [3.05, 3.63) is 16.1 Å². The summed E-state index contributed by atoms with van der Waals surface area (Å²) >= 11 is 1.65. The summed E-state index contributed by atoms with van der Waals surface area (Å²) in [5, 5.41) is 14.9. The Morgan fingerprint density at radius 2 is 2.50 bits per heavy atom. The van der Waals surface area contributed by atoms with Gasteiger partial charge in [0, 0.05) is 17.6 Å². The number of aliphatic hydroxyl groups is 1. The Bertz CT molecular complexity index is 237. The fraction of sp³-hybridized carbons (Fsp3) is 0.625. The molecule has 0 aromatic carbocycles. The number of thiazole rings is 1. The van der Waals surface area contributed by atoms with Crippen molar-refractivity contribution in [1.29, 1.82) is 0 Å². The highest BCUT2D eigenvalue weighted by atomic mass is 32.1. The van der Waals surface area contributed by atoms with Crippen molar-refractivity contribution in [1.82, 2.24) is 10.3 Å². The second-order valence-corrected chi connectivity index (χ2v) is 3.62. The first-order chi connectivity index (χ1) is 5.74. The van der Waals surface area contributed by atoms with Gasteiger partial charge in [0.25, 0.3) is 0 Å². The van der Waals surface area contributed by atoms with Gasteiger partial charge in [0.05, 0.1) is 12.6 Å². The van der Waals surface area contributed by atoms with Crippen molar-refractivity contribution in [3.63, 3.8) is 0 Å².